The lowest BCUT2D eigenvalue weighted by molar-refractivity contribution is 0.805. The molecule has 0 N–H and O–H groups in total. The Kier molecular flexibility index (Phi) is 5.66. The third-order valence-electron chi connectivity index (χ3n) is 3.53. The minimum absolute atomic E-state index is 0.986. The summed E-state index contributed by atoms with van der Waals surface area (Å²) >= 11 is 1.20. The summed E-state index contributed by atoms with van der Waals surface area (Å²) in [6.45, 7) is 5.89. The summed E-state index contributed by atoms with van der Waals surface area (Å²) < 4.78 is 0. The van der Waals surface area contributed by atoms with E-state index in [0.29, 0.717) is 0 Å². The quantitative estimate of drug-likeness (QED) is 0.511. The number of hydrogen-bond donors (Lipinski definition) is 0. The van der Waals surface area contributed by atoms with Gasteiger partial charge in [0.15, 0.2) is 0 Å². The van der Waals surface area contributed by atoms with Gasteiger partial charge in [-0.3, -0.25) is 0 Å². The molecule has 1 aliphatic carbocycles. The highest BCUT2D eigenvalue weighted by Gasteiger charge is 2.17. The predicted molar refractivity (Wildman–Crippen MR) is 91.8 cm³/mol. The van der Waals surface area contributed by atoms with Crippen LogP contribution in [0.25, 0.3) is 5.57 Å². The fraction of sp³-hybridized carbons (Fsp3) is 0.211. The van der Waals surface area contributed by atoms with Crippen LogP contribution in [-0.2, 0) is 0 Å². The monoisotopic (exact) mass is 293 g/mol. The average molecular weight is 293 g/mol. The number of thiocyanates is 1. The van der Waals surface area contributed by atoms with Crippen LogP contribution in [0.5, 0.6) is 0 Å². The minimum Gasteiger partial charge on any atom is -0.185 e. The van der Waals surface area contributed by atoms with E-state index in [4.69, 9.17) is 5.26 Å². The number of nitriles is 1. The first-order valence-electron chi connectivity index (χ1n) is 7.14. The van der Waals surface area contributed by atoms with E-state index in [1.165, 1.54) is 40.5 Å². The van der Waals surface area contributed by atoms with E-state index in [0.717, 1.165) is 17.7 Å². The third-order valence-corrected chi connectivity index (χ3v) is 4.13. The first-order chi connectivity index (χ1) is 10.3. The zero-order chi connectivity index (χ0) is 15.1. The second-order valence-electron chi connectivity index (χ2n) is 4.90. The van der Waals surface area contributed by atoms with Gasteiger partial charge in [0.1, 0.15) is 5.40 Å². The molecule has 106 valence electrons. The van der Waals surface area contributed by atoms with E-state index in [-0.39, 0.29) is 0 Å². The molecule has 0 radical (unpaired) electrons. The van der Waals surface area contributed by atoms with Gasteiger partial charge in [-0.25, -0.2) is 0 Å². The number of hydrogen-bond acceptors (Lipinski definition) is 2. The molecule has 0 fully saturated rings. The van der Waals surface area contributed by atoms with Gasteiger partial charge in [0.25, 0.3) is 0 Å². The van der Waals surface area contributed by atoms with Crippen molar-refractivity contribution in [2.45, 2.75) is 31.1 Å². The lowest BCUT2D eigenvalue weighted by Gasteiger charge is -2.22. The van der Waals surface area contributed by atoms with Crippen molar-refractivity contribution in [1.82, 2.24) is 0 Å². The fourth-order valence-corrected chi connectivity index (χ4v) is 3.09. The third kappa shape index (κ3) is 3.77. The van der Waals surface area contributed by atoms with Gasteiger partial charge in [-0.2, -0.15) is 5.26 Å². The lowest BCUT2D eigenvalue weighted by Crippen LogP contribution is -2.01. The number of nitrogens with zero attached hydrogens (tertiary/aromatic N) is 1. The van der Waals surface area contributed by atoms with Gasteiger partial charge in [0.2, 0.25) is 0 Å². The van der Waals surface area contributed by atoms with Crippen LogP contribution in [0, 0.1) is 10.7 Å². The second kappa shape index (κ2) is 7.71. The Morgan fingerprint density at radius 2 is 2.00 bits per heavy atom. The number of rotatable bonds is 4. The highest BCUT2D eigenvalue weighted by atomic mass is 32.2. The van der Waals surface area contributed by atoms with Crippen LogP contribution in [0.3, 0.4) is 0 Å². The van der Waals surface area contributed by atoms with Crippen molar-refractivity contribution in [3.8, 4) is 5.40 Å². The van der Waals surface area contributed by atoms with Gasteiger partial charge in [0, 0.05) is 4.90 Å². The molecule has 21 heavy (non-hydrogen) atoms. The van der Waals surface area contributed by atoms with Crippen LogP contribution in [-0.4, -0.2) is 0 Å². The van der Waals surface area contributed by atoms with Crippen molar-refractivity contribution < 1.29 is 0 Å². The van der Waals surface area contributed by atoms with E-state index in [2.05, 4.69) is 49.3 Å². The second-order valence-corrected chi connectivity index (χ2v) is 5.76. The van der Waals surface area contributed by atoms with E-state index < -0.39 is 0 Å². The maximum Gasteiger partial charge on any atom is 0.138 e. The van der Waals surface area contributed by atoms with Crippen LogP contribution in [0.4, 0.5) is 0 Å². The zero-order valence-electron chi connectivity index (χ0n) is 12.3. The number of thioether (sulfide) groups is 1. The van der Waals surface area contributed by atoms with Crippen molar-refractivity contribution in [3.63, 3.8) is 0 Å². The van der Waals surface area contributed by atoms with E-state index in [1.54, 1.807) is 0 Å². The lowest BCUT2D eigenvalue weighted by atomic mass is 9.83. The largest absolute Gasteiger partial charge is 0.185 e. The Morgan fingerprint density at radius 1 is 1.24 bits per heavy atom. The normalized spacial score (nSPS) is 17.2. The molecule has 0 spiro atoms. The molecule has 0 amide bonds. The smallest absolute Gasteiger partial charge is 0.138 e. The molecule has 1 aliphatic rings. The molecule has 0 bridgehead atoms. The zero-order valence-corrected chi connectivity index (χ0v) is 13.1. The predicted octanol–water partition coefficient (Wildman–Crippen LogP) is 5.89. The van der Waals surface area contributed by atoms with Crippen LogP contribution < -0.4 is 0 Å². The summed E-state index contributed by atoms with van der Waals surface area (Å²) in [7, 11) is 0. The molecule has 0 saturated heterocycles. The molecule has 1 aromatic carbocycles. The summed E-state index contributed by atoms with van der Waals surface area (Å²) in [5, 5.41) is 10.8. The Balaban J connectivity index is 2.50. The van der Waals surface area contributed by atoms with Crippen molar-refractivity contribution in [1.29, 1.82) is 5.26 Å². The van der Waals surface area contributed by atoms with Gasteiger partial charge < -0.3 is 0 Å². The van der Waals surface area contributed by atoms with Gasteiger partial charge in [-0.05, 0) is 72.4 Å². The molecule has 2 heteroatoms. The Morgan fingerprint density at radius 3 is 2.62 bits per heavy atom. The van der Waals surface area contributed by atoms with Crippen molar-refractivity contribution in [3.05, 3.63) is 71.9 Å². The molecule has 1 aromatic rings. The maximum absolute atomic E-state index is 8.74. The van der Waals surface area contributed by atoms with Crippen LogP contribution in [0.15, 0.2) is 71.2 Å². The van der Waals surface area contributed by atoms with Crippen LogP contribution in [0.1, 0.15) is 31.7 Å². The molecular formula is C19H19NS. The summed E-state index contributed by atoms with van der Waals surface area (Å²) in [5.74, 6) is 0. The first kappa shape index (κ1) is 15.4. The summed E-state index contributed by atoms with van der Waals surface area (Å²) in [6.07, 6.45) is 11.7. The summed E-state index contributed by atoms with van der Waals surface area (Å²) in [6, 6.07) is 8.26. The Hall–Kier alpha value is -1.98. The van der Waals surface area contributed by atoms with Crippen molar-refractivity contribution in [2.75, 3.05) is 0 Å². The average Bonchev–Trinajstić information content (AvgIpc) is 2.50. The molecule has 1 nitrogen and oxygen atoms in total. The van der Waals surface area contributed by atoms with E-state index >= 15 is 0 Å². The topological polar surface area (TPSA) is 23.8 Å². The molecule has 0 saturated carbocycles. The standard InChI is InChI=1S/C19H19NS/c1-3-6-15-8-5-9-16(7-4-2)19(15)17-10-12-18(13-11-17)21-14-20/h3-4,6-7,10-13H,1,5,8-9H2,2H3/b7-4+,15-6+. The van der Waals surface area contributed by atoms with Gasteiger partial charge in [-0.15, -0.1) is 0 Å². The Labute approximate surface area is 131 Å². The molecule has 0 unspecified atom stereocenters. The first-order valence-corrected chi connectivity index (χ1v) is 7.96. The summed E-state index contributed by atoms with van der Waals surface area (Å²) in [4.78, 5) is 0.986. The SMILES string of the molecule is C=C/C=C1\CCCC(/C=C/C)=C1c1ccc(SC#N)cc1. The molecule has 0 heterocycles. The minimum atomic E-state index is 0.986. The highest BCUT2D eigenvalue weighted by molar-refractivity contribution is 8.03. The van der Waals surface area contributed by atoms with E-state index in [1.807, 2.05) is 18.2 Å². The Bertz CT molecular complexity index is 639. The molecular weight excluding hydrogens is 274 g/mol. The van der Waals surface area contributed by atoms with Crippen LogP contribution >= 0.6 is 11.8 Å². The van der Waals surface area contributed by atoms with Crippen molar-refractivity contribution in [2.24, 2.45) is 0 Å². The van der Waals surface area contributed by atoms with E-state index in [9.17, 15) is 0 Å². The molecule has 0 aliphatic heterocycles. The van der Waals surface area contributed by atoms with Gasteiger partial charge >= 0.3 is 0 Å². The molecule has 2 rings (SSSR count). The van der Waals surface area contributed by atoms with Gasteiger partial charge in [-0.1, -0.05) is 43.0 Å². The highest BCUT2D eigenvalue weighted by Crippen LogP contribution is 2.37. The van der Waals surface area contributed by atoms with Crippen molar-refractivity contribution >= 4 is 17.3 Å². The maximum atomic E-state index is 8.74. The molecule has 0 aromatic heterocycles. The number of benzene rings is 1. The molecule has 0 atom stereocenters. The van der Waals surface area contributed by atoms with Gasteiger partial charge in [0.05, 0.1) is 0 Å². The number of allylic oxidation sites excluding steroid dienone is 7. The fourth-order valence-electron chi connectivity index (χ4n) is 2.72. The van der Waals surface area contributed by atoms with Crippen LogP contribution in [0.2, 0.25) is 0 Å². The summed E-state index contributed by atoms with van der Waals surface area (Å²) in [5.41, 5.74) is 5.29.